The summed E-state index contributed by atoms with van der Waals surface area (Å²) in [5.74, 6) is 1.86. The number of aromatic nitrogens is 1. The minimum atomic E-state index is 0.359. The fraction of sp³-hybridized carbons (Fsp3) is 0.357. The normalized spacial score (nSPS) is 10.8. The maximum Gasteiger partial charge on any atom is 0.128 e. The summed E-state index contributed by atoms with van der Waals surface area (Å²) in [5, 5.41) is 1.73. The summed E-state index contributed by atoms with van der Waals surface area (Å²) in [5.41, 5.74) is 7.72. The topological polar surface area (TPSA) is 57.4 Å². The molecule has 1 aromatic heterocycles. The molecule has 0 radical (unpaired) electrons. The Labute approximate surface area is 117 Å². The van der Waals surface area contributed by atoms with Crippen LogP contribution in [0.1, 0.15) is 24.8 Å². The number of methoxy groups -OCH3 is 2. The standard InChI is InChI=1S/C14H18N2O2S/c1-8(2)14-16-12(13(15)19-14)10-7-9(17-3)5-6-11(10)18-4/h5-8H,15H2,1-4H3. The van der Waals surface area contributed by atoms with Gasteiger partial charge in [0.05, 0.1) is 19.2 Å². The Hall–Kier alpha value is -1.75. The molecular formula is C14H18N2O2S. The summed E-state index contributed by atoms with van der Waals surface area (Å²) >= 11 is 1.52. The van der Waals surface area contributed by atoms with Crippen molar-refractivity contribution in [2.24, 2.45) is 0 Å². The molecule has 2 N–H and O–H groups in total. The van der Waals surface area contributed by atoms with Gasteiger partial charge in [0, 0.05) is 11.5 Å². The van der Waals surface area contributed by atoms with Crippen LogP contribution in [0.15, 0.2) is 18.2 Å². The van der Waals surface area contributed by atoms with Crippen molar-refractivity contribution >= 4 is 16.3 Å². The molecular weight excluding hydrogens is 260 g/mol. The van der Waals surface area contributed by atoms with Gasteiger partial charge in [0.2, 0.25) is 0 Å². The van der Waals surface area contributed by atoms with E-state index in [1.807, 2.05) is 18.2 Å². The number of nitrogens with zero attached hydrogens (tertiary/aromatic N) is 1. The number of nitrogens with two attached hydrogens (primary N) is 1. The molecule has 0 atom stereocenters. The number of thiazole rings is 1. The van der Waals surface area contributed by atoms with Crippen LogP contribution in [0, 0.1) is 0 Å². The van der Waals surface area contributed by atoms with E-state index < -0.39 is 0 Å². The highest BCUT2D eigenvalue weighted by molar-refractivity contribution is 7.16. The van der Waals surface area contributed by atoms with E-state index in [0.29, 0.717) is 10.9 Å². The molecule has 102 valence electrons. The van der Waals surface area contributed by atoms with Crippen molar-refractivity contribution in [3.8, 4) is 22.8 Å². The molecule has 0 bridgehead atoms. The number of benzene rings is 1. The monoisotopic (exact) mass is 278 g/mol. The summed E-state index contributed by atoms with van der Waals surface area (Å²) in [7, 11) is 3.27. The van der Waals surface area contributed by atoms with Gasteiger partial charge < -0.3 is 15.2 Å². The Morgan fingerprint density at radius 3 is 2.47 bits per heavy atom. The van der Waals surface area contributed by atoms with Gasteiger partial charge in [-0.25, -0.2) is 4.98 Å². The first kappa shape index (κ1) is 13.7. The molecule has 0 saturated carbocycles. The molecule has 2 aromatic rings. The van der Waals surface area contributed by atoms with Gasteiger partial charge in [-0.05, 0) is 18.2 Å². The molecule has 0 aliphatic carbocycles. The summed E-state index contributed by atoms with van der Waals surface area (Å²) in [6, 6.07) is 5.62. The smallest absolute Gasteiger partial charge is 0.128 e. The average molecular weight is 278 g/mol. The minimum Gasteiger partial charge on any atom is -0.497 e. The fourth-order valence-corrected chi connectivity index (χ4v) is 2.64. The van der Waals surface area contributed by atoms with Crippen LogP contribution in [-0.2, 0) is 0 Å². The number of hydrogen-bond acceptors (Lipinski definition) is 5. The summed E-state index contributed by atoms with van der Waals surface area (Å²) < 4.78 is 10.6. The summed E-state index contributed by atoms with van der Waals surface area (Å²) in [4.78, 5) is 4.62. The predicted octanol–water partition coefficient (Wildman–Crippen LogP) is 3.53. The molecule has 0 aliphatic heterocycles. The van der Waals surface area contributed by atoms with Gasteiger partial charge in [-0.3, -0.25) is 0 Å². The van der Waals surface area contributed by atoms with Gasteiger partial charge in [0.1, 0.15) is 22.2 Å². The van der Waals surface area contributed by atoms with E-state index in [-0.39, 0.29) is 0 Å². The van der Waals surface area contributed by atoms with Crippen LogP contribution < -0.4 is 15.2 Å². The molecule has 1 heterocycles. The lowest BCUT2D eigenvalue weighted by Gasteiger charge is -2.09. The Morgan fingerprint density at radius 2 is 1.95 bits per heavy atom. The highest BCUT2D eigenvalue weighted by atomic mass is 32.1. The van der Waals surface area contributed by atoms with E-state index >= 15 is 0 Å². The lowest BCUT2D eigenvalue weighted by molar-refractivity contribution is 0.404. The van der Waals surface area contributed by atoms with Gasteiger partial charge >= 0.3 is 0 Å². The quantitative estimate of drug-likeness (QED) is 0.929. The van der Waals surface area contributed by atoms with Crippen molar-refractivity contribution in [1.82, 2.24) is 4.98 Å². The largest absolute Gasteiger partial charge is 0.497 e. The second-order valence-corrected chi connectivity index (χ2v) is 5.55. The first-order valence-electron chi connectivity index (χ1n) is 6.05. The van der Waals surface area contributed by atoms with E-state index in [1.165, 1.54) is 11.3 Å². The first-order valence-corrected chi connectivity index (χ1v) is 6.87. The first-order chi connectivity index (χ1) is 9.06. The van der Waals surface area contributed by atoms with E-state index in [1.54, 1.807) is 14.2 Å². The summed E-state index contributed by atoms with van der Waals surface area (Å²) in [6.07, 6.45) is 0. The summed E-state index contributed by atoms with van der Waals surface area (Å²) in [6.45, 7) is 4.20. The van der Waals surface area contributed by atoms with E-state index in [0.717, 1.165) is 27.8 Å². The van der Waals surface area contributed by atoms with Gasteiger partial charge in [0.15, 0.2) is 0 Å². The molecule has 1 aromatic carbocycles. The fourth-order valence-electron chi connectivity index (χ4n) is 1.79. The van der Waals surface area contributed by atoms with Gasteiger partial charge in [-0.2, -0.15) is 0 Å². The average Bonchev–Trinajstić information content (AvgIpc) is 2.80. The lowest BCUT2D eigenvalue weighted by Crippen LogP contribution is -1.93. The molecule has 0 saturated heterocycles. The van der Waals surface area contributed by atoms with Crippen molar-refractivity contribution in [1.29, 1.82) is 0 Å². The van der Waals surface area contributed by atoms with Crippen molar-refractivity contribution in [2.45, 2.75) is 19.8 Å². The third-order valence-electron chi connectivity index (χ3n) is 2.83. The molecule has 19 heavy (non-hydrogen) atoms. The Balaban J connectivity index is 2.56. The lowest BCUT2D eigenvalue weighted by atomic mass is 10.1. The Bertz CT molecular complexity index is 579. The Kier molecular flexibility index (Phi) is 3.95. The van der Waals surface area contributed by atoms with Gasteiger partial charge in [-0.1, -0.05) is 13.8 Å². The van der Waals surface area contributed by atoms with Crippen LogP contribution in [0.5, 0.6) is 11.5 Å². The molecule has 0 amide bonds. The number of hydrogen-bond donors (Lipinski definition) is 1. The second kappa shape index (κ2) is 5.48. The molecule has 2 rings (SSSR count). The zero-order valence-electron chi connectivity index (χ0n) is 11.6. The third kappa shape index (κ3) is 2.66. The molecule has 0 fully saturated rings. The van der Waals surface area contributed by atoms with Gasteiger partial charge in [-0.15, -0.1) is 11.3 Å². The van der Waals surface area contributed by atoms with Crippen LogP contribution in [0.25, 0.3) is 11.3 Å². The zero-order valence-corrected chi connectivity index (χ0v) is 12.4. The number of anilines is 1. The highest BCUT2D eigenvalue weighted by Crippen LogP contribution is 2.39. The van der Waals surface area contributed by atoms with Gasteiger partial charge in [0.25, 0.3) is 0 Å². The highest BCUT2D eigenvalue weighted by Gasteiger charge is 2.17. The van der Waals surface area contributed by atoms with E-state index in [4.69, 9.17) is 15.2 Å². The number of nitrogen functional groups attached to an aromatic ring is 1. The predicted molar refractivity (Wildman–Crippen MR) is 79.2 cm³/mol. The second-order valence-electron chi connectivity index (χ2n) is 4.49. The van der Waals surface area contributed by atoms with Crippen LogP contribution >= 0.6 is 11.3 Å². The third-order valence-corrected chi connectivity index (χ3v) is 4.01. The molecule has 4 nitrogen and oxygen atoms in total. The van der Waals surface area contributed by atoms with Crippen LogP contribution in [-0.4, -0.2) is 19.2 Å². The van der Waals surface area contributed by atoms with Crippen LogP contribution in [0.3, 0.4) is 0 Å². The molecule has 0 unspecified atom stereocenters. The van der Waals surface area contributed by atoms with Crippen molar-refractivity contribution in [3.63, 3.8) is 0 Å². The van der Waals surface area contributed by atoms with E-state index in [2.05, 4.69) is 18.8 Å². The van der Waals surface area contributed by atoms with E-state index in [9.17, 15) is 0 Å². The van der Waals surface area contributed by atoms with Crippen molar-refractivity contribution in [3.05, 3.63) is 23.2 Å². The molecule has 0 aliphatic rings. The molecule has 0 spiro atoms. The Morgan fingerprint density at radius 1 is 1.21 bits per heavy atom. The van der Waals surface area contributed by atoms with Crippen LogP contribution in [0.2, 0.25) is 0 Å². The van der Waals surface area contributed by atoms with Crippen molar-refractivity contribution < 1.29 is 9.47 Å². The maximum absolute atomic E-state index is 6.09. The minimum absolute atomic E-state index is 0.359. The maximum atomic E-state index is 6.09. The van der Waals surface area contributed by atoms with Crippen molar-refractivity contribution in [2.75, 3.05) is 20.0 Å². The number of rotatable bonds is 4. The molecule has 5 heteroatoms. The van der Waals surface area contributed by atoms with Crippen LogP contribution in [0.4, 0.5) is 5.00 Å². The zero-order chi connectivity index (χ0) is 14.0. The number of ether oxygens (including phenoxy) is 2. The SMILES string of the molecule is COc1ccc(OC)c(-c2nc(C(C)C)sc2N)c1.